The van der Waals surface area contributed by atoms with Crippen LogP contribution in [0.3, 0.4) is 0 Å². The van der Waals surface area contributed by atoms with Gasteiger partial charge in [-0.25, -0.2) is 0 Å². The molecule has 0 spiro atoms. The van der Waals surface area contributed by atoms with Gasteiger partial charge in [-0.2, -0.15) is 0 Å². The molecule has 0 amide bonds. The van der Waals surface area contributed by atoms with E-state index in [-0.39, 0.29) is 0 Å². The van der Waals surface area contributed by atoms with Crippen LogP contribution in [0.2, 0.25) is 0 Å². The van der Waals surface area contributed by atoms with E-state index in [9.17, 15) is 0 Å². The van der Waals surface area contributed by atoms with Crippen molar-refractivity contribution in [3.05, 3.63) is 59.2 Å². The molecule has 0 aromatic heterocycles. The number of nitrogens with zero attached hydrogens (tertiary/aromatic N) is 2. The molecule has 0 aliphatic carbocycles. The van der Waals surface area contributed by atoms with Crippen LogP contribution in [0.4, 0.5) is 11.4 Å². The van der Waals surface area contributed by atoms with Gasteiger partial charge in [0.1, 0.15) is 0 Å². The predicted octanol–water partition coefficient (Wildman–Crippen LogP) is 6.48. The molecular weight excluding hydrogens is 347 g/mol. The Morgan fingerprint density at radius 1 is 0.800 bits per heavy atom. The quantitative estimate of drug-likeness (QED) is 0.573. The Hall–Kier alpha value is -0.316. The zero-order valence-corrected chi connectivity index (χ0v) is 15.1. The van der Waals surface area contributed by atoms with Crippen molar-refractivity contribution in [2.75, 3.05) is 14.1 Å². The SMILES string of the molecule is C[N-]c1ccccc1Sc1ccccc1[N-]C.[Cl][Ti][Cl]. The Morgan fingerprint density at radius 2 is 1.15 bits per heavy atom. The summed E-state index contributed by atoms with van der Waals surface area (Å²) in [5, 5.41) is 8.54. The molecule has 6 heteroatoms. The molecule has 0 atom stereocenters. The van der Waals surface area contributed by atoms with Gasteiger partial charge in [-0.05, 0) is 21.9 Å². The van der Waals surface area contributed by atoms with Gasteiger partial charge in [-0.3, -0.25) is 0 Å². The van der Waals surface area contributed by atoms with E-state index in [1.807, 2.05) is 50.5 Å². The molecular formula is C14H14Cl2N2STi-2. The number of benzene rings is 2. The van der Waals surface area contributed by atoms with Crippen LogP contribution in [0, 0.1) is 0 Å². The summed E-state index contributed by atoms with van der Waals surface area (Å²) in [6, 6.07) is 16.3. The van der Waals surface area contributed by atoms with Crippen molar-refractivity contribution < 1.29 is 17.0 Å². The molecule has 0 radical (unpaired) electrons. The summed E-state index contributed by atoms with van der Waals surface area (Å²) >= 11 is 1.15. The van der Waals surface area contributed by atoms with E-state index in [1.165, 1.54) is 0 Å². The van der Waals surface area contributed by atoms with Gasteiger partial charge in [0, 0.05) is 0 Å². The molecule has 0 aliphatic rings. The minimum absolute atomic E-state index is 0.556. The second-order valence-corrected chi connectivity index (χ2v) is 7.22. The predicted molar refractivity (Wildman–Crippen MR) is 86.6 cm³/mol. The fourth-order valence-electron chi connectivity index (χ4n) is 1.57. The first-order valence-corrected chi connectivity index (χ1v) is 10.9. The topological polar surface area (TPSA) is 28.2 Å². The van der Waals surface area contributed by atoms with Crippen molar-refractivity contribution in [2.24, 2.45) is 0 Å². The Bertz CT molecular complexity index is 481. The summed E-state index contributed by atoms with van der Waals surface area (Å²) in [6.07, 6.45) is 0. The van der Waals surface area contributed by atoms with E-state index in [1.54, 1.807) is 11.8 Å². The molecule has 106 valence electrons. The summed E-state index contributed by atoms with van der Waals surface area (Å²) < 4.78 is 0. The zero-order valence-electron chi connectivity index (χ0n) is 11.2. The number of rotatable bonds is 4. The van der Waals surface area contributed by atoms with E-state index < -0.39 is 17.0 Å². The molecule has 0 heterocycles. The molecule has 0 N–H and O–H groups in total. The molecule has 0 saturated heterocycles. The summed E-state index contributed by atoms with van der Waals surface area (Å²) in [6.45, 7) is 0. The van der Waals surface area contributed by atoms with Gasteiger partial charge in [0.2, 0.25) is 0 Å². The van der Waals surface area contributed by atoms with E-state index in [0.29, 0.717) is 0 Å². The van der Waals surface area contributed by atoms with E-state index >= 15 is 0 Å². The number of hydrogen-bond donors (Lipinski definition) is 0. The molecule has 0 bridgehead atoms. The number of para-hydroxylation sites is 2. The minimum atomic E-state index is -0.556. The molecule has 2 aromatic rings. The van der Waals surface area contributed by atoms with Gasteiger partial charge in [0.05, 0.1) is 0 Å². The van der Waals surface area contributed by atoms with E-state index in [0.717, 1.165) is 21.2 Å². The summed E-state index contributed by atoms with van der Waals surface area (Å²) in [4.78, 5) is 2.32. The molecule has 2 nitrogen and oxygen atoms in total. The maximum absolute atomic E-state index is 4.89. The monoisotopic (exact) mass is 360 g/mol. The maximum atomic E-state index is 4.89. The van der Waals surface area contributed by atoms with Gasteiger partial charge < -0.3 is 10.6 Å². The molecule has 0 unspecified atom stereocenters. The standard InChI is InChI=1S/C14H14N2S.2ClH.Ti/c1-15-11-7-3-5-9-13(11)17-14-10-6-4-8-12(14)16-2;;;/h3-10H,1-2H3;2*1H;/q-2;;;+2/p-2. The Labute approximate surface area is 141 Å². The molecule has 0 aliphatic heterocycles. The fraction of sp³-hybridized carbons (Fsp3) is 0.143. The van der Waals surface area contributed by atoms with Crippen LogP contribution < -0.4 is 0 Å². The average Bonchev–Trinajstić information content (AvgIpc) is 2.49. The number of halogens is 2. The van der Waals surface area contributed by atoms with Crippen molar-refractivity contribution >= 4 is 41.7 Å². The van der Waals surface area contributed by atoms with Crippen LogP contribution >= 0.6 is 30.4 Å². The van der Waals surface area contributed by atoms with Gasteiger partial charge in [-0.1, -0.05) is 48.2 Å². The fourth-order valence-corrected chi connectivity index (χ4v) is 2.63. The Morgan fingerprint density at radius 3 is 1.50 bits per heavy atom. The number of hydrogen-bond acceptors (Lipinski definition) is 1. The van der Waals surface area contributed by atoms with Crippen LogP contribution in [-0.4, -0.2) is 14.1 Å². The molecule has 20 heavy (non-hydrogen) atoms. The molecule has 2 rings (SSSR count). The normalized spacial score (nSPS) is 9.20. The zero-order chi connectivity index (χ0) is 14.8. The van der Waals surface area contributed by atoms with Crippen molar-refractivity contribution in [2.45, 2.75) is 9.79 Å². The van der Waals surface area contributed by atoms with Crippen molar-refractivity contribution in [3.8, 4) is 0 Å². The summed E-state index contributed by atoms with van der Waals surface area (Å²) in [5.41, 5.74) is 2.03. The molecule has 0 fully saturated rings. The van der Waals surface area contributed by atoms with Gasteiger partial charge in [0.15, 0.2) is 0 Å². The third-order valence-corrected chi connectivity index (χ3v) is 3.56. The van der Waals surface area contributed by atoms with Crippen molar-refractivity contribution in [3.63, 3.8) is 0 Å². The summed E-state index contributed by atoms with van der Waals surface area (Å²) in [5.74, 6) is 0. The van der Waals surface area contributed by atoms with Crippen LogP contribution in [0.1, 0.15) is 0 Å². The second-order valence-electron chi connectivity index (χ2n) is 3.56. The summed E-state index contributed by atoms with van der Waals surface area (Å²) in [7, 11) is 13.4. The van der Waals surface area contributed by atoms with Gasteiger partial charge in [-0.15, -0.1) is 25.5 Å². The Balaban J connectivity index is 0.000000612. The van der Waals surface area contributed by atoms with Crippen LogP contribution in [-0.2, 0) is 17.0 Å². The van der Waals surface area contributed by atoms with E-state index in [4.69, 9.17) is 18.6 Å². The van der Waals surface area contributed by atoms with Gasteiger partial charge >= 0.3 is 35.6 Å². The molecule has 0 saturated carbocycles. The average molecular weight is 361 g/mol. The van der Waals surface area contributed by atoms with Crippen LogP contribution in [0.5, 0.6) is 0 Å². The first-order chi connectivity index (χ1) is 9.76. The molecule has 2 aromatic carbocycles. The Kier molecular flexibility index (Phi) is 9.24. The van der Waals surface area contributed by atoms with E-state index in [2.05, 4.69) is 22.8 Å². The van der Waals surface area contributed by atoms with Crippen LogP contribution in [0.25, 0.3) is 10.6 Å². The van der Waals surface area contributed by atoms with Crippen molar-refractivity contribution in [1.29, 1.82) is 0 Å². The first kappa shape index (κ1) is 17.7. The van der Waals surface area contributed by atoms with Gasteiger partial charge in [0.25, 0.3) is 0 Å². The van der Waals surface area contributed by atoms with Crippen molar-refractivity contribution in [1.82, 2.24) is 0 Å². The third kappa shape index (κ3) is 5.59. The third-order valence-electron chi connectivity index (χ3n) is 2.43. The van der Waals surface area contributed by atoms with Crippen LogP contribution in [0.15, 0.2) is 58.3 Å². The first-order valence-electron chi connectivity index (χ1n) is 5.78. The second kappa shape index (κ2) is 10.4.